The number of carbonyl (C=O) groups excluding carboxylic acids is 3. The van der Waals surface area contributed by atoms with E-state index in [2.05, 4.69) is 15.2 Å². The van der Waals surface area contributed by atoms with E-state index in [9.17, 15) is 19.6 Å². The number of rotatable bonds is 6. The number of nitrogens with one attached hydrogen (secondary N) is 2. The van der Waals surface area contributed by atoms with Crippen molar-refractivity contribution in [2.45, 2.75) is 51.6 Å². The molecule has 2 N–H and O–H groups in total. The number of nitrogens with zero attached hydrogens (tertiary/aromatic N) is 2. The number of aryl methyl sites for hydroxylation is 1. The van der Waals surface area contributed by atoms with Crippen LogP contribution in [0.25, 0.3) is 6.08 Å². The summed E-state index contributed by atoms with van der Waals surface area (Å²) in [6, 6.07) is 3.74. The van der Waals surface area contributed by atoms with Gasteiger partial charge in [-0.1, -0.05) is 0 Å². The van der Waals surface area contributed by atoms with Crippen molar-refractivity contribution in [1.29, 1.82) is 5.26 Å². The maximum absolute atomic E-state index is 12.1. The van der Waals surface area contributed by atoms with E-state index in [1.807, 2.05) is 26.0 Å². The van der Waals surface area contributed by atoms with Crippen molar-refractivity contribution in [1.82, 2.24) is 15.2 Å². The zero-order valence-corrected chi connectivity index (χ0v) is 15.4. The topological polar surface area (TPSA) is 113 Å². The first-order valence-corrected chi connectivity index (χ1v) is 8.96. The third-order valence-corrected chi connectivity index (χ3v) is 4.58. The molecule has 0 radical (unpaired) electrons. The van der Waals surface area contributed by atoms with Crippen molar-refractivity contribution in [3.63, 3.8) is 0 Å². The van der Waals surface area contributed by atoms with E-state index >= 15 is 0 Å². The Morgan fingerprint density at radius 3 is 2.59 bits per heavy atom. The molecule has 2 saturated carbocycles. The summed E-state index contributed by atoms with van der Waals surface area (Å²) >= 11 is 0. The lowest BCUT2D eigenvalue weighted by atomic mass is 10.1. The van der Waals surface area contributed by atoms with Gasteiger partial charge in [-0.3, -0.25) is 10.1 Å². The van der Waals surface area contributed by atoms with E-state index in [0.717, 1.165) is 42.6 Å². The molecule has 8 heteroatoms. The van der Waals surface area contributed by atoms with Crippen LogP contribution in [0.1, 0.15) is 48.7 Å². The molecule has 2 aliphatic rings. The van der Waals surface area contributed by atoms with Gasteiger partial charge in [0.05, 0.1) is 0 Å². The average Bonchev–Trinajstić information content (AvgIpc) is 3.52. The third kappa shape index (κ3) is 4.76. The summed E-state index contributed by atoms with van der Waals surface area (Å²) in [4.78, 5) is 35.2. The molecule has 3 rings (SSSR count). The molecule has 3 amide bonds. The predicted octanol–water partition coefficient (Wildman–Crippen LogP) is 1.88. The lowest BCUT2D eigenvalue weighted by Crippen LogP contribution is -2.42. The Morgan fingerprint density at radius 2 is 2.00 bits per heavy atom. The predicted molar refractivity (Wildman–Crippen MR) is 96.4 cm³/mol. The number of amides is 3. The molecule has 2 aliphatic carbocycles. The quantitative estimate of drug-likeness (QED) is 0.451. The van der Waals surface area contributed by atoms with Gasteiger partial charge in [0.1, 0.15) is 11.6 Å². The summed E-state index contributed by atoms with van der Waals surface area (Å²) in [6.45, 7) is 3.31. The Hall–Kier alpha value is -3.08. The Kier molecular flexibility index (Phi) is 5.31. The van der Waals surface area contributed by atoms with Gasteiger partial charge in [0, 0.05) is 23.5 Å². The van der Waals surface area contributed by atoms with Crippen molar-refractivity contribution in [2.75, 3.05) is 6.61 Å². The van der Waals surface area contributed by atoms with Gasteiger partial charge in [-0.25, -0.2) is 9.59 Å². The molecule has 1 aromatic heterocycles. The van der Waals surface area contributed by atoms with Gasteiger partial charge in [0.15, 0.2) is 6.61 Å². The number of aromatic nitrogens is 1. The third-order valence-electron chi connectivity index (χ3n) is 4.58. The maximum atomic E-state index is 12.1. The van der Waals surface area contributed by atoms with Gasteiger partial charge < -0.3 is 14.6 Å². The average molecular weight is 370 g/mol. The molecule has 2 fully saturated rings. The molecule has 1 heterocycles. The van der Waals surface area contributed by atoms with E-state index in [1.54, 1.807) is 0 Å². The van der Waals surface area contributed by atoms with Gasteiger partial charge in [0.2, 0.25) is 0 Å². The van der Waals surface area contributed by atoms with Crippen LogP contribution in [-0.2, 0) is 14.3 Å². The van der Waals surface area contributed by atoms with Crippen molar-refractivity contribution >= 4 is 24.0 Å². The van der Waals surface area contributed by atoms with Crippen molar-refractivity contribution < 1.29 is 19.1 Å². The number of urea groups is 1. The molecule has 0 aromatic carbocycles. The Bertz CT molecular complexity index is 854. The zero-order valence-electron chi connectivity index (χ0n) is 15.4. The van der Waals surface area contributed by atoms with Gasteiger partial charge in [-0.05, 0) is 57.2 Å². The van der Waals surface area contributed by atoms with Crippen LogP contribution in [0.3, 0.4) is 0 Å². The number of hydrogen-bond acceptors (Lipinski definition) is 5. The second-order valence-electron chi connectivity index (χ2n) is 6.97. The minimum absolute atomic E-state index is 0.114. The highest BCUT2D eigenvalue weighted by Gasteiger charge is 2.27. The van der Waals surface area contributed by atoms with Crippen LogP contribution >= 0.6 is 0 Å². The summed E-state index contributed by atoms with van der Waals surface area (Å²) in [5.41, 5.74) is 2.65. The van der Waals surface area contributed by atoms with Crippen molar-refractivity contribution in [3.05, 3.63) is 28.6 Å². The number of esters is 1. The number of ether oxygens (including phenoxy) is 1. The van der Waals surface area contributed by atoms with Crippen LogP contribution in [-0.4, -0.2) is 35.1 Å². The number of hydrogen-bond donors (Lipinski definition) is 2. The van der Waals surface area contributed by atoms with Crippen molar-refractivity contribution in [2.24, 2.45) is 0 Å². The van der Waals surface area contributed by atoms with E-state index in [4.69, 9.17) is 4.74 Å². The lowest BCUT2D eigenvalue weighted by Gasteiger charge is -2.07. The second kappa shape index (κ2) is 7.66. The Balaban J connectivity index is 1.58. The minimum atomic E-state index is -0.897. The second-order valence-corrected chi connectivity index (χ2v) is 6.97. The van der Waals surface area contributed by atoms with Crippen LogP contribution in [0.4, 0.5) is 4.79 Å². The maximum Gasteiger partial charge on any atom is 0.349 e. The number of imide groups is 1. The SMILES string of the molecule is Cc1cc(/C=C(\C#N)C(=O)OCC(=O)NC(=O)NC2CC2)c(C)n1C1CC1. The normalized spacial score (nSPS) is 16.4. The molecule has 8 nitrogen and oxygen atoms in total. The number of carbonyl (C=O) groups is 3. The van der Waals surface area contributed by atoms with E-state index < -0.39 is 24.5 Å². The highest BCUT2D eigenvalue weighted by atomic mass is 16.5. The van der Waals surface area contributed by atoms with E-state index in [-0.39, 0.29) is 11.6 Å². The van der Waals surface area contributed by atoms with E-state index in [0.29, 0.717) is 6.04 Å². The van der Waals surface area contributed by atoms with Gasteiger partial charge in [-0.15, -0.1) is 0 Å². The first kappa shape index (κ1) is 18.7. The summed E-state index contributed by atoms with van der Waals surface area (Å²) < 4.78 is 7.07. The highest BCUT2D eigenvalue weighted by molar-refractivity contribution is 6.00. The van der Waals surface area contributed by atoms with E-state index in [1.165, 1.54) is 6.08 Å². The van der Waals surface area contributed by atoms with Gasteiger partial charge >= 0.3 is 12.0 Å². The first-order valence-electron chi connectivity index (χ1n) is 8.96. The fourth-order valence-corrected chi connectivity index (χ4v) is 2.96. The summed E-state index contributed by atoms with van der Waals surface area (Å²) in [7, 11) is 0. The summed E-state index contributed by atoms with van der Waals surface area (Å²) in [5.74, 6) is -1.64. The molecular formula is C19H22N4O4. The first-order chi connectivity index (χ1) is 12.9. The summed E-state index contributed by atoms with van der Waals surface area (Å²) in [5, 5.41) is 13.9. The fourth-order valence-electron chi connectivity index (χ4n) is 2.96. The molecule has 0 unspecified atom stereocenters. The lowest BCUT2D eigenvalue weighted by molar-refractivity contribution is -0.144. The standard InChI is InChI=1S/C19H22N4O4/c1-11-7-13(12(2)23(11)16-5-6-16)8-14(9-20)18(25)27-10-17(24)22-19(26)21-15-3-4-15/h7-8,15-16H,3-6,10H2,1-2H3,(H2,21,22,24,26)/b14-8+. The molecule has 142 valence electrons. The molecule has 0 bridgehead atoms. The van der Waals surface area contributed by atoms with Crippen LogP contribution < -0.4 is 10.6 Å². The molecule has 27 heavy (non-hydrogen) atoms. The van der Waals surface area contributed by atoms with Gasteiger partial charge in [-0.2, -0.15) is 5.26 Å². The smallest absolute Gasteiger partial charge is 0.349 e. The van der Waals surface area contributed by atoms with Crippen LogP contribution in [0.2, 0.25) is 0 Å². The van der Waals surface area contributed by atoms with Gasteiger partial charge in [0.25, 0.3) is 5.91 Å². The summed E-state index contributed by atoms with van der Waals surface area (Å²) in [6.07, 6.45) is 5.54. The number of nitriles is 1. The van der Waals surface area contributed by atoms with Crippen molar-refractivity contribution in [3.8, 4) is 6.07 Å². The fraction of sp³-hybridized carbons (Fsp3) is 0.474. The molecule has 1 aromatic rings. The molecular weight excluding hydrogens is 348 g/mol. The minimum Gasteiger partial charge on any atom is -0.451 e. The zero-order chi connectivity index (χ0) is 19.6. The molecule has 0 spiro atoms. The van der Waals surface area contributed by atoms with Crippen LogP contribution in [0, 0.1) is 25.2 Å². The molecule has 0 atom stereocenters. The largest absolute Gasteiger partial charge is 0.451 e. The van der Waals surface area contributed by atoms with Crippen LogP contribution in [0.5, 0.6) is 0 Å². The highest BCUT2D eigenvalue weighted by Crippen LogP contribution is 2.38. The molecule has 0 aliphatic heterocycles. The van der Waals surface area contributed by atoms with Crippen LogP contribution in [0.15, 0.2) is 11.6 Å². The Morgan fingerprint density at radius 1 is 1.30 bits per heavy atom. The molecule has 0 saturated heterocycles. The Labute approximate surface area is 157 Å². The monoisotopic (exact) mass is 370 g/mol.